The number of methoxy groups -OCH3 is 1. The minimum Gasteiger partial charge on any atom is -0.491 e. The van der Waals surface area contributed by atoms with Crippen molar-refractivity contribution < 1.29 is 24.1 Å². The number of carboxylic acids is 1. The van der Waals surface area contributed by atoms with Crippen molar-refractivity contribution in [3.05, 3.63) is 136 Å². The van der Waals surface area contributed by atoms with Crippen LogP contribution in [0, 0.1) is 0 Å². The highest BCUT2D eigenvalue weighted by molar-refractivity contribution is 5.76. The van der Waals surface area contributed by atoms with E-state index < -0.39 is 12.1 Å². The summed E-state index contributed by atoms with van der Waals surface area (Å²) in [5.74, 6) is -0.261. The van der Waals surface area contributed by atoms with Gasteiger partial charge in [-0.2, -0.15) is 0 Å². The van der Waals surface area contributed by atoms with Gasteiger partial charge in [0, 0.05) is 13.5 Å². The summed E-state index contributed by atoms with van der Waals surface area (Å²) in [6.07, 6.45) is 5.53. The second kappa shape index (κ2) is 13.2. The molecule has 0 aromatic heterocycles. The Balaban J connectivity index is 1.25. The number of hydrogen-bond acceptors (Lipinski definition) is 4. The lowest BCUT2D eigenvalue weighted by Crippen LogP contribution is -2.24. The van der Waals surface area contributed by atoms with Crippen LogP contribution in [0.3, 0.4) is 0 Å². The molecular weight excluding hydrogens is 500 g/mol. The van der Waals surface area contributed by atoms with E-state index in [2.05, 4.69) is 84.9 Å². The summed E-state index contributed by atoms with van der Waals surface area (Å²) >= 11 is 0. The van der Waals surface area contributed by atoms with Gasteiger partial charge in [-0.25, -0.2) is 4.79 Å². The van der Waals surface area contributed by atoms with E-state index in [1.807, 2.05) is 24.3 Å². The fourth-order valence-corrected chi connectivity index (χ4v) is 5.05. The van der Waals surface area contributed by atoms with Crippen molar-refractivity contribution in [2.45, 2.75) is 31.5 Å². The van der Waals surface area contributed by atoms with E-state index in [1.54, 1.807) is 0 Å². The molecule has 40 heavy (non-hydrogen) atoms. The molecule has 2 unspecified atom stereocenters. The third-order valence-electron chi connectivity index (χ3n) is 7.24. The summed E-state index contributed by atoms with van der Waals surface area (Å²) in [5, 5.41) is 9.20. The van der Waals surface area contributed by atoms with Crippen LogP contribution in [0.4, 0.5) is 0 Å². The third-order valence-corrected chi connectivity index (χ3v) is 7.24. The Morgan fingerprint density at radius 3 is 2.17 bits per heavy atom. The lowest BCUT2D eigenvalue weighted by molar-refractivity contribution is -0.148. The van der Waals surface area contributed by atoms with Crippen LogP contribution >= 0.6 is 0 Å². The largest absolute Gasteiger partial charge is 0.491 e. The fourth-order valence-electron chi connectivity index (χ4n) is 5.05. The fraction of sp³-hybridized carbons (Fsp3) is 0.229. The molecule has 5 nitrogen and oxygen atoms in total. The molecule has 4 aromatic carbocycles. The Kier molecular flexibility index (Phi) is 9.07. The Labute approximate surface area is 235 Å². The number of benzene rings is 4. The summed E-state index contributed by atoms with van der Waals surface area (Å²) in [6, 6.07) is 33.1. The van der Waals surface area contributed by atoms with Crippen molar-refractivity contribution in [1.82, 2.24) is 0 Å². The van der Waals surface area contributed by atoms with Crippen LogP contribution in [0.1, 0.15) is 45.0 Å². The minimum absolute atomic E-state index is 0.203. The van der Waals surface area contributed by atoms with E-state index in [0.717, 1.165) is 35.1 Å². The second-order valence-corrected chi connectivity index (χ2v) is 9.92. The first-order valence-electron chi connectivity index (χ1n) is 13.6. The highest BCUT2D eigenvalue weighted by Gasteiger charge is 2.23. The van der Waals surface area contributed by atoms with E-state index >= 15 is 0 Å². The number of fused-ring (bicyclic) bond motifs is 2. The zero-order valence-corrected chi connectivity index (χ0v) is 22.7. The lowest BCUT2D eigenvalue weighted by atomic mass is 9.93. The quantitative estimate of drug-likeness (QED) is 0.203. The standard InChI is InChI=1S/C35H34O5/c1-38-33(35(36)37)24-27-14-19-30(20-15-27)39-21-22-40-34-31-10-6-5-9-28(31)17-18-29-16-13-26(23-32(29)34)12-11-25-7-3-2-4-8-25/h2-10,13-20,23,33-34H,11-12,21-22,24H2,1H3,(H,36,37). The number of hydrogen-bond donors (Lipinski definition) is 1. The maximum Gasteiger partial charge on any atom is 0.333 e. The van der Waals surface area contributed by atoms with Crippen LogP contribution in [-0.4, -0.2) is 37.5 Å². The highest BCUT2D eigenvalue weighted by atomic mass is 16.5. The first kappa shape index (κ1) is 27.4. The SMILES string of the molecule is COC(Cc1ccc(OCCOC2c3ccccc3C=Cc3ccc(CCc4ccccc4)cc32)cc1)C(=O)O. The van der Waals surface area contributed by atoms with Crippen molar-refractivity contribution in [3.63, 3.8) is 0 Å². The van der Waals surface area contributed by atoms with Gasteiger partial charge in [0.25, 0.3) is 0 Å². The molecule has 5 heteroatoms. The maximum absolute atomic E-state index is 11.2. The van der Waals surface area contributed by atoms with Gasteiger partial charge in [0.15, 0.2) is 6.10 Å². The summed E-state index contributed by atoms with van der Waals surface area (Å²) in [7, 11) is 1.41. The van der Waals surface area contributed by atoms with Crippen LogP contribution in [0.2, 0.25) is 0 Å². The molecule has 0 radical (unpaired) electrons. The Morgan fingerprint density at radius 1 is 0.750 bits per heavy atom. The van der Waals surface area contributed by atoms with Gasteiger partial charge >= 0.3 is 5.97 Å². The molecule has 0 bridgehead atoms. The molecule has 0 spiro atoms. The van der Waals surface area contributed by atoms with Crippen LogP contribution in [-0.2, 0) is 33.5 Å². The van der Waals surface area contributed by atoms with Crippen LogP contribution in [0.15, 0.2) is 97.1 Å². The van der Waals surface area contributed by atoms with Crippen molar-refractivity contribution >= 4 is 18.1 Å². The van der Waals surface area contributed by atoms with Gasteiger partial charge in [0.05, 0.1) is 6.61 Å². The second-order valence-electron chi connectivity index (χ2n) is 9.92. The van der Waals surface area contributed by atoms with Crippen molar-refractivity contribution in [1.29, 1.82) is 0 Å². The molecule has 0 saturated carbocycles. The van der Waals surface area contributed by atoms with Gasteiger partial charge < -0.3 is 19.3 Å². The van der Waals surface area contributed by atoms with E-state index in [0.29, 0.717) is 25.4 Å². The predicted molar refractivity (Wildman–Crippen MR) is 158 cm³/mol. The first-order valence-corrected chi connectivity index (χ1v) is 13.6. The Hall–Kier alpha value is -4.19. The van der Waals surface area contributed by atoms with Crippen molar-refractivity contribution in [2.24, 2.45) is 0 Å². The van der Waals surface area contributed by atoms with Gasteiger partial charge in [0.2, 0.25) is 0 Å². The minimum atomic E-state index is -0.972. The summed E-state index contributed by atoms with van der Waals surface area (Å²) < 4.78 is 17.5. The Morgan fingerprint density at radius 2 is 1.43 bits per heavy atom. The molecule has 0 aliphatic heterocycles. The number of carboxylic acid groups (broad SMARTS) is 1. The number of aryl methyl sites for hydroxylation is 2. The molecule has 5 rings (SSSR count). The molecule has 0 fully saturated rings. The van der Waals surface area contributed by atoms with Gasteiger partial charge in [-0.1, -0.05) is 97.1 Å². The first-order chi connectivity index (χ1) is 19.6. The average Bonchev–Trinajstić information content (AvgIpc) is 3.14. The van der Waals surface area contributed by atoms with Gasteiger partial charge in [0.1, 0.15) is 18.5 Å². The molecular formula is C35H34O5. The smallest absolute Gasteiger partial charge is 0.333 e. The molecule has 4 aromatic rings. The molecule has 0 saturated heterocycles. The number of rotatable bonds is 12. The number of aliphatic carboxylic acids is 1. The van der Waals surface area contributed by atoms with E-state index in [4.69, 9.17) is 14.2 Å². The van der Waals surface area contributed by atoms with Crippen molar-refractivity contribution in [2.75, 3.05) is 20.3 Å². The number of ether oxygens (including phenoxy) is 3. The Bertz CT molecular complexity index is 1440. The van der Waals surface area contributed by atoms with Gasteiger partial charge in [-0.05, 0) is 63.9 Å². The van der Waals surface area contributed by atoms with Crippen LogP contribution < -0.4 is 4.74 Å². The van der Waals surface area contributed by atoms with Gasteiger partial charge in [-0.3, -0.25) is 0 Å². The highest BCUT2D eigenvalue weighted by Crippen LogP contribution is 2.36. The van der Waals surface area contributed by atoms with Crippen LogP contribution in [0.25, 0.3) is 12.2 Å². The molecule has 1 N–H and O–H groups in total. The lowest BCUT2D eigenvalue weighted by Gasteiger charge is -2.22. The molecule has 204 valence electrons. The topological polar surface area (TPSA) is 65.0 Å². The molecule has 1 aliphatic rings. The van der Waals surface area contributed by atoms with Crippen molar-refractivity contribution in [3.8, 4) is 5.75 Å². The molecule has 0 amide bonds. The molecule has 0 heterocycles. The van der Waals surface area contributed by atoms with Gasteiger partial charge in [-0.15, -0.1) is 0 Å². The predicted octanol–water partition coefficient (Wildman–Crippen LogP) is 6.78. The number of carbonyl (C=O) groups is 1. The van der Waals surface area contributed by atoms with Crippen LogP contribution in [0.5, 0.6) is 5.75 Å². The summed E-state index contributed by atoms with van der Waals surface area (Å²) in [6.45, 7) is 0.809. The third kappa shape index (κ3) is 6.87. The summed E-state index contributed by atoms with van der Waals surface area (Å²) in [5.41, 5.74) is 8.13. The molecule has 1 aliphatic carbocycles. The molecule has 2 atom stereocenters. The zero-order chi connectivity index (χ0) is 27.7. The summed E-state index contributed by atoms with van der Waals surface area (Å²) in [4.78, 5) is 11.2. The normalized spacial score (nSPS) is 14.6. The monoisotopic (exact) mass is 534 g/mol. The van der Waals surface area contributed by atoms with E-state index in [1.165, 1.54) is 23.8 Å². The average molecular weight is 535 g/mol. The van der Waals surface area contributed by atoms with E-state index in [9.17, 15) is 9.90 Å². The maximum atomic E-state index is 11.2. The van der Waals surface area contributed by atoms with E-state index in [-0.39, 0.29) is 6.10 Å². The zero-order valence-electron chi connectivity index (χ0n) is 22.7.